The van der Waals surface area contributed by atoms with Crippen LogP contribution in [0.2, 0.25) is 0 Å². The topological polar surface area (TPSA) is 26.0 Å². The van der Waals surface area contributed by atoms with Gasteiger partial charge in [0.15, 0.2) is 0 Å². The summed E-state index contributed by atoms with van der Waals surface area (Å²) in [7, 11) is 0. The molecule has 0 aliphatic heterocycles. The lowest BCUT2D eigenvalue weighted by atomic mass is 10.4. The Kier molecular flexibility index (Phi) is 6.38. The zero-order valence-corrected chi connectivity index (χ0v) is 7.45. The van der Waals surface area contributed by atoms with Crippen molar-refractivity contribution in [2.75, 3.05) is 11.0 Å². The van der Waals surface area contributed by atoms with Crippen molar-refractivity contribution in [1.29, 1.82) is 0 Å². The molecular formula is C5H9ClIN. The van der Waals surface area contributed by atoms with Crippen molar-refractivity contribution in [1.82, 2.24) is 0 Å². The fraction of sp³-hybridized carbons (Fsp3) is 0.600. The van der Waals surface area contributed by atoms with E-state index in [9.17, 15) is 0 Å². The van der Waals surface area contributed by atoms with Gasteiger partial charge in [0.1, 0.15) is 0 Å². The summed E-state index contributed by atoms with van der Waals surface area (Å²) < 4.78 is 1.06. The molecule has 0 heterocycles. The van der Waals surface area contributed by atoms with Crippen LogP contribution in [0.15, 0.2) is 11.1 Å². The molecule has 8 heavy (non-hydrogen) atoms. The van der Waals surface area contributed by atoms with Crippen LogP contribution >= 0.6 is 34.2 Å². The molecular weight excluding hydrogens is 236 g/mol. The molecule has 0 aliphatic rings. The Morgan fingerprint density at radius 1 is 1.75 bits per heavy atom. The molecule has 0 saturated carbocycles. The molecule has 3 heteroatoms. The Hall–Kier alpha value is 0.720. The molecule has 0 fully saturated rings. The third-order valence-electron chi connectivity index (χ3n) is 0.673. The van der Waals surface area contributed by atoms with Gasteiger partial charge in [-0.2, -0.15) is 0 Å². The molecule has 1 nitrogen and oxygen atoms in total. The van der Waals surface area contributed by atoms with Gasteiger partial charge in [-0.25, -0.2) is 0 Å². The van der Waals surface area contributed by atoms with Crippen LogP contribution in [0.5, 0.6) is 0 Å². The van der Waals surface area contributed by atoms with Gasteiger partial charge in [0.2, 0.25) is 0 Å². The highest BCUT2D eigenvalue weighted by Gasteiger charge is 1.86. The normalized spacial score (nSPS) is 12.1. The highest BCUT2D eigenvalue weighted by molar-refractivity contribution is 14.1. The van der Waals surface area contributed by atoms with Gasteiger partial charge in [-0.15, -0.1) is 0 Å². The minimum atomic E-state index is 0.551. The Balaban J connectivity index is 3.29. The number of allylic oxidation sites excluding steroid dienone is 1. The molecule has 0 aromatic heterocycles. The molecule has 0 spiro atoms. The number of hydrogen-bond acceptors (Lipinski definition) is 1. The van der Waals surface area contributed by atoms with E-state index in [1.165, 1.54) is 0 Å². The molecule has 0 rings (SSSR count). The SMILES string of the molecule is NC/C=C(\Cl)CCI. The quantitative estimate of drug-likeness (QED) is 0.596. The number of halogens is 2. The van der Waals surface area contributed by atoms with Crippen molar-refractivity contribution >= 4 is 34.2 Å². The lowest BCUT2D eigenvalue weighted by molar-refractivity contribution is 1.18. The molecule has 0 aromatic carbocycles. The van der Waals surface area contributed by atoms with Crippen molar-refractivity contribution in [3.05, 3.63) is 11.1 Å². The second-order valence-electron chi connectivity index (χ2n) is 1.33. The van der Waals surface area contributed by atoms with Crippen LogP contribution in [0.3, 0.4) is 0 Å². The minimum Gasteiger partial charge on any atom is -0.327 e. The molecule has 48 valence electrons. The van der Waals surface area contributed by atoms with Crippen LogP contribution in [-0.2, 0) is 0 Å². The van der Waals surface area contributed by atoms with Gasteiger partial charge in [-0.3, -0.25) is 0 Å². The standard InChI is InChI=1S/C5H9ClIN/c6-5(1-3-7)2-4-8/h2H,1,3-4,8H2/b5-2-. The molecule has 2 N–H and O–H groups in total. The van der Waals surface area contributed by atoms with E-state index >= 15 is 0 Å². The summed E-state index contributed by atoms with van der Waals surface area (Å²) in [5.74, 6) is 0. The summed E-state index contributed by atoms with van der Waals surface area (Å²) in [6, 6.07) is 0. The lowest BCUT2D eigenvalue weighted by Gasteiger charge is -1.89. The van der Waals surface area contributed by atoms with E-state index in [1.54, 1.807) is 0 Å². The number of hydrogen-bond donors (Lipinski definition) is 1. The molecule has 0 amide bonds. The molecule has 0 atom stereocenters. The predicted molar refractivity (Wildman–Crippen MR) is 46.5 cm³/mol. The van der Waals surface area contributed by atoms with E-state index in [2.05, 4.69) is 22.6 Å². The monoisotopic (exact) mass is 245 g/mol. The maximum absolute atomic E-state index is 5.66. The van der Waals surface area contributed by atoms with Crippen molar-refractivity contribution in [2.24, 2.45) is 5.73 Å². The van der Waals surface area contributed by atoms with Gasteiger partial charge in [0.25, 0.3) is 0 Å². The third kappa shape index (κ3) is 4.87. The Bertz CT molecular complexity index is 82.5. The first-order valence-electron chi connectivity index (χ1n) is 2.41. The minimum absolute atomic E-state index is 0.551. The molecule has 0 unspecified atom stereocenters. The first kappa shape index (κ1) is 8.72. The summed E-state index contributed by atoms with van der Waals surface area (Å²) in [6.07, 6.45) is 2.78. The van der Waals surface area contributed by atoms with Crippen LogP contribution in [0.4, 0.5) is 0 Å². The zero-order valence-electron chi connectivity index (χ0n) is 4.53. The van der Waals surface area contributed by atoms with Crippen LogP contribution in [0, 0.1) is 0 Å². The second kappa shape index (κ2) is 5.85. The predicted octanol–water partition coefficient (Wildman–Crippen LogP) is 1.89. The van der Waals surface area contributed by atoms with Gasteiger partial charge < -0.3 is 5.73 Å². The first-order chi connectivity index (χ1) is 3.81. The van der Waals surface area contributed by atoms with Crippen molar-refractivity contribution in [2.45, 2.75) is 6.42 Å². The van der Waals surface area contributed by atoms with E-state index in [1.807, 2.05) is 6.08 Å². The first-order valence-corrected chi connectivity index (χ1v) is 4.32. The molecule has 0 bridgehead atoms. The van der Waals surface area contributed by atoms with Gasteiger partial charge in [0.05, 0.1) is 0 Å². The average Bonchev–Trinajstić information content (AvgIpc) is 1.68. The van der Waals surface area contributed by atoms with Crippen molar-refractivity contribution < 1.29 is 0 Å². The fourth-order valence-electron chi connectivity index (χ4n) is 0.320. The molecule has 0 radical (unpaired) electrons. The Morgan fingerprint density at radius 2 is 2.38 bits per heavy atom. The highest BCUT2D eigenvalue weighted by atomic mass is 127. The van der Waals surface area contributed by atoms with Gasteiger partial charge in [-0.05, 0) is 6.42 Å². The van der Waals surface area contributed by atoms with Crippen LogP contribution < -0.4 is 5.73 Å². The number of rotatable bonds is 3. The van der Waals surface area contributed by atoms with Crippen molar-refractivity contribution in [3.8, 4) is 0 Å². The van der Waals surface area contributed by atoms with E-state index in [0.29, 0.717) is 6.54 Å². The van der Waals surface area contributed by atoms with E-state index in [-0.39, 0.29) is 0 Å². The molecule has 0 aromatic rings. The van der Waals surface area contributed by atoms with E-state index < -0.39 is 0 Å². The number of alkyl halides is 1. The maximum Gasteiger partial charge on any atom is 0.0161 e. The zero-order chi connectivity index (χ0) is 6.41. The van der Waals surface area contributed by atoms with Crippen LogP contribution in [0.1, 0.15) is 6.42 Å². The third-order valence-corrected chi connectivity index (χ3v) is 1.56. The maximum atomic E-state index is 5.66. The summed E-state index contributed by atoms with van der Waals surface area (Å²) in [6.45, 7) is 0.551. The van der Waals surface area contributed by atoms with Crippen LogP contribution in [0.25, 0.3) is 0 Å². The summed E-state index contributed by atoms with van der Waals surface area (Å²) >= 11 is 7.93. The molecule has 0 saturated heterocycles. The van der Waals surface area contributed by atoms with Gasteiger partial charge >= 0.3 is 0 Å². The lowest BCUT2D eigenvalue weighted by Crippen LogP contribution is -1.93. The van der Waals surface area contributed by atoms with Gasteiger partial charge in [-0.1, -0.05) is 40.3 Å². The van der Waals surface area contributed by atoms with E-state index in [0.717, 1.165) is 15.9 Å². The highest BCUT2D eigenvalue weighted by Crippen LogP contribution is 2.07. The second-order valence-corrected chi connectivity index (χ2v) is 2.89. The van der Waals surface area contributed by atoms with Gasteiger partial charge in [0, 0.05) is 16.0 Å². The van der Waals surface area contributed by atoms with Crippen molar-refractivity contribution in [3.63, 3.8) is 0 Å². The largest absolute Gasteiger partial charge is 0.327 e. The summed E-state index contributed by atoms with van der Waals surface area (Å²) in [4.78, 5) is 0. The molecule has 0 aliphatic carbocycles. The average molecular weight is 245 g/mol. The summed E-state index contributed by atoms with van der Waals surface area (Å²) in [5, 5.41) is 0.877. The Morgan fingerprint density at radius 3 is 2.75 bits per heavy atom. The van der Waals surface area contributed by atoms with Crippen LogP contribution in [-0.4, -0.2) is 11.0 Å². The smallest absolute Gasteiger partial charge is 0.0161 e. The van der Waals surface area contributed by atoms with E-state index in [4.69, 9.17) is 17.3 Å². The summed E-state index contributed by atoms with van der Waals surface area (Å²) in [5.41, 5.74) is 5.20. The number of nitrogens with two attached hydrogens (primary N) is 1. The fourth-order valence-corrected chi connectivity index (χ4v) is 1.40. The Labute approximate surface area is 68.4 Å².